The van der Waals surface area contributed by atoms with Crippen molar-refractivity contribution in [3.63, 3.8) is 0 Å². The van der Waals surface area contributed by atoms with Crippen LogP contribution in [-0.4, -0.2) is 34.6 Å². The van der Waals surface area contributed by atoms with Crippen LogP contribution in [0, 0.1) is 6.92 Å². The molecule has 1 aliphatic rings. The van der Waals surface area contributed by atoms with Crippen LogP contribution >= 0.6 is 11.5 Å². The van der Waals surface area contributed by atoms with Crippen LogP contribution < -0.4 is 10.6 Å². The summed E-state index contributed by atoms with van der Waals surface area (Å²) in [6.07, 6.45) is 3.46. The molecule has 2 heterocycles. The van der Waals surface area contributed by atoms with Gasteiger partial charge in [-0.05, 0) is 44.3 Å². The summed E-state index contributed by atoms with van der Waals surface area (Å²) in [4.78, 5) is 12.3. The average molecular weight is 240 g/mol. The van der Waals surface area contributed by atoms with E-state index < -0.39 is 0 Å². The van der Waals surface area contributed by atoms with Crippen LogP contribution in [0.5, 0.6) is 0 Å². The number of carbonyl (C=O) groups is 1. The number of hydrogen-bond donors (Lipinski definition) is 2. The molecule has 1 aliphatic heterocycles. The van der Waals surface area contributed by atoms with Crippen molar-refractivity contribution in [1.82, 2.24) is 20.2 Å². The molecule has 1 amide bonds. The second-order valence-electron chi connectivity index (χ2n) is 4.03. The van der Waals surface area contributed by atoms with E-state index in [1.165, 1.54) is 12.8 Å². The molecule has 0 bridgehead atoms. The molecule has 6 heteroatoms. The summed E-state index contributed by atoms with van der Waals surface area (Å²) in [5, 5.41) is 10.1. The van der Waals surface area contributed by atoms with E-state index in [-0.39, 0.29) is 5.91 Å². The van der Waals surface area contributed by atoms with Gasteiger partial charge >= 0.3 is 0 Å². The van der Waals surface area contributed by atoms with Crippen molar-refractivity contribution in [2.75, 3.05) is 13.1 Å². The smallest absolute Gasteiger partial charge is 0.264 e. The van der Waals surface area contributed by atoms with E-state index in [1.54, 1.807) is 6.92 Å². The van der Waals surface area contributed by atoms with Crippen molar-refractivity contribution < 1.29 is 4.79 Å². The second-order valence-corrected chi connectivity index (χ2v) is 4.78. The zero-order valence-corrected chi connectivity index (χ0v) is 10.1. The highest BCUT2D eigenvalue weighted by Crippen LogP contribution is 2.10. The highest BCUT2D eigenvalue weighted by Gasteiger charge is 2.15. The molecule has 1 fully saturated rings. The summed E-state index contributed by atoms with van der Waals surface area (Å²) in [7, 11) is 0. The maximum Gasteiger partial charge on any atom is 0.264 e. The maximum atomic E-state index is 11.7. The van der Waals surface area contributed by atoms with Crippen LogP contribution in [0.4, 0.5) is 0 Å². The van der Waals surface area contributed by atoms with Gasteiger partial charge in [0.15, 0.2) is 0 Å². The lowest BCUT2D eigenvalue weighted by atomic mass is 10.1. The van der Waals surface area contributed by atoms with Crippen LogP contribution in [0.15, 0.2) is 0 Å². The normalized spacial score (nSPS) is 19.9. The maximum absolute atomic E-state index is 11.7. The summed E-state index contributed by atoms with van der Waals surface area (Å²) in [6, 6.07) is 0.570. The average Bonchev–Trinajstić information content (AvgIpc) is 2.88. The van der Waals surface area contributed by atoms with E-state index in [2.05, 4.69) is 20.2 Å². The van der Waals surface area contributed by atoms with Gasteiger partial charge in [-0.25, -0.2) is 0 Å². The predicted octanol–water partition coefficient (Wildman–Crippen LogP) is 0.718. The third-order valence-corrected chi connectivity index (χ3v) is 3.63. The summed E-state index contributed by atoms with van der Waals surface area (Å²) in [6.45, 7) is 3.63. The molecular weight excluding hydrogens is 224 g/mol. The van der Waals surface area contributed by atoms with Crippen LogP contribution in [0.1, 0.15) is 34.6 Å². The molecule has 88 valence electrons. The van der Waals surface area contributed by atoms with Crippen LogP contribution in [0.25, 0.3) is 0 Å². The van der Waals surface area contributed by atoms with Gasteiger partial charge < -0.3 is 10.6 Å². The highest BCUT2D eigenvalue weighted by atomic mass is 32.1. The Morgan fingerprint density at radius 3 is 3.19 bits per heavy atom. The van der Waals surface area contributed by atoms with E-state index >= 15 is 0 Å². The lowest BCUT2D eigenvalue weighted by Gasteiger charge is -2.10. The molecule has 2 rings (SSSR count). The van der Waals surface area contributed by atoms with Gasteiger partial charge in [0.2, 0.25) is 0 Å². The van der Waals surface area contributed by atoms with Crippen molar-refractivity contribution in [2.24, 2.45) is 0 Å². The fourth-order valence-corrected chi connectivity index (χ4v) is 2.46. The Bertz CT molecular complexity index is 359. The second kappa shape index (κ2) is 5.36. The minimum absolute atomic E-state index is 0.0505. The fraction of sp³-hybridized carbons (Fsp3) is 0.700. The summed E-state index contributed by atoms with van der Waals surface area (Å²) < 4.78 is 3.75. The topological polar surface area (TPSA) is 66.9 Å². The first-order valence-corrected chi connectivity index (χ1v) is 6.35. The van der Waals surface area contributed by atoms with Gasteiger partial charge in [-0.2, -0.15) is 0 Å². The van der Waals surface area contributed by atoms with Crippen molar-refractivity contribution in [3.8, 4) is 0 Å². The van der Waals surface area contributed by atoms with Crippen molar-refractivity contribution >= 4 is 17.4 Å². The number of carbonyl (C=O) groups excluding carboxylic acids is 1. The van der Waals surface area contributed by atoms with Crippen molar-refractivity contribution in [3.05, 3.63) is 10.6 Å². The lowest BCUT2D eigenvalue weighted by Crippen LogP contribution is -2.30. The number of aryl methyl sites for hydroxylation is 1. The van der Waals surface area contributed by atoms with Gasteiger partial charge in [0.1, 0.15) is 4.88 Å². The monoisotopic (exact) mass is 240 g/mol. The molecule has 0 saturated carbocycles. The molecular formula is C10H16N4OS. The number of nitrogens with zero attached hydrogens (tertiary/aromatic N) is 2. The number of hydrogen-bond acceptors (Lipinski definition) is 5. The van der Waals surface area contributed by atoms with Gasteiger partial charge in [0.25, 0.3) is 5.91 Å². The molecule has 5 nitrogen and oxygen atoms in total. The van der Waals surface area contributed by atoms with Gasteiger partial charge in [0.05, 0.1) is 5.69 Å². The van der Waals surface area contributed by atoms with Gasteiger partial charge in [-0.1, -0.05) is 4.49 Å². The first kappa shape index (κ1) is 11.5. The molecule has 0 aromatic carbocycles. The first-order chi connectivity index (χ1) is 7.77. The van der Waals surface area contributed by atoms with Crippen LogP contribution in [0.3, 0.4) is 0 Å². The van der Waals surface area contributed by atoms with Crippen molar-refractivity contribution in [2.45, 2.75) is 32.2 Å². The Morgan fingerprint density at radius 2 is 2.56 bits per heavy atom. The van der Waals surface area contributed by atoms with Crippen LogP contribution in [-0.2, 0) is 0 Å². The Kier molecular flexibility index (Phi) is 3.84. The molecule has 1 aromatic rings. The standard InChI is InChI=1S/C10H16N4OS/c1-7-9(16-14-13-7)10(15)12-6-4-8-3-2-5-11-8/h8,11H,2-6H2,1H3,(H,12,15)/t8-/m0/s1. The van der Waals surface area contributed by atoms with Crippen LogP contribution in [0.2, 0.25) is 0 Å². The fourth-order valence-electron chi connectivity index (χ4n) is 1.88. The third-order valence-electron chi connectivity index (χ3n) is 2.80. The minimum atomic E-state index is -0.0505. The van der Waals surface area contributed by atoms with E-state index in [9.17, 15) is 4.79 Å². The number of rotatable bonds is 4. The third kappa shape index (κ3) is 2.76. The molecule has 1 saturated heterocycles. The predicted molar refractivity (Wildman–Crippen MR) is 62.6 cm³/mol. The Morgan fingerprint density at radius 1 is 1.69 bits per heavy atom. The number of amides is 1. The van der Waals surface area contributed by atoms with Gasteiger partial charge in [-0.3, -0.25) is 4.79 Å². The lowest BCUT2D eigenvalue weighted by molar-refractivity contribution is 0.0955. The first-order valence-electron chi connectivity index (χ1n) is 5.58. The van der Waals surface area contributed by atoms with Crippen molar-refractivity contribution in [1.29, 1.82) is 0 Å². The summed E-state index contributed by atoms with van der Waals surface area (Å²) in [5.41, 5.74) is 0.710. The van der Waals surface area contributed by atoms with Gasteiger partial charge in [-0.15, -0.1) is 5.10 Å². The molecule has 0 aliphatic carbocycles. The SMILES string of the molecule is Cc1nnsc1C(=O)NCC[C@@H]1CCCN1. The molecule has 0 spiro atoms. The zero-order valence-electron chi connectivity index (χ0n) is 9.32. The summed E-state index contributed by atoms with van der Waals surface area (Å²) >= 11 is 1.15. The van der Waals surface area contributed by atoms with E-state index in [0.717, 1.165) is 24.5 Å². The molecule has 0 unspecified atom stereocenters. The van der Waals surface area contributed by atoms with E-state index in [4.69, 9.17) is 0 Å². The Balaban J connectivity index is 1.73. The Labute approximate surface area is 98.8 Å². The Hall–Kier alpha value is -1.01. The molecule has 0 radical (unpaired) electrons. The molecule has 1 atom stereocenters. The number of aromatic nitrogens is 2. The zero-order chi connectivity index (χ0) is 11.4. The summed E-state index contributed by atoms with van der Waals surface area (Å²) in [5.74, 6) is -0.0505. The molecule has 2 N–H and O–H groups in total. The minimum Gasteiger partial charge on any atom is -0.351 e. The highest BCUT2D eigenvalue weighted by molar-refractivity contribution is 7.07. The van der Waals surface area contributed by atoms with E-state index in [0.29, 0.717) is 23.2 Å². The largest absolute Gasteiger partial charge is 0.351 e. The van der Waals surface area contributed by atoms with E-state index in [1.807, 2.05) is 0 Å². The van der Waals surface area contributed by atoms with Gasteiger partial charge in [0, 0.05) is 12.6 Å². The molecule has 1 aromatic heterocycles. The number of nitrogens with one attached hydrogen (secondary N) is 2. The molecule has 16 heavy (non-hydrogen) atoms. The quantitative estimate of drug-likeness (QED) is 0.813.